The summed E-state index contributed by atoms with van der Waals surface area (Å²) in [5.41, 5.74) is 12.2. The Labute approximate surface area is 101 Å². The highest BCUT2D eigenvalue weighted by Gasteiger charge is 2.31. The van der Waals surface area contributed by atoms with Gasteiger partial charge in [0.05, 0.1) is 5.69 Å². The summed E-state index contributed by atoms with van der Waals surface area (Å²) in [5, 5.41) is 0. The minimum absolute atomic E-state index is 0.261. The van der Waals surface area contributed by atoms with Crippen molar-refractivity contribution >= 4 is 17.4 Å². The summed E-state index contributed by atoms with van der Waals surface area (Å²) in [6, 6.07) is 3.25. The molecule has 0 aromatic carbocycles. The van der Waals surface area contributed by atoms with Crippen molar-refractivity contribution in [3.63, 3.8) is 0 Å². The van der Waals surface area contributed by atoms with Crippen LogP contribution in [0.5, 0.6) is 0 Å². The maximum absolute atomic E-state index is 11.1. The zero-order valence-corrected chi connectivity index (χ0v) is 10.2. The molecule has 2 heterocycles. The van der Waals surface area contributed by atoms with E-state index in [1.807, 2.05) is 0 Å². The van der Waals surface area contributed by atoms with E-state index in [0.29, 0.717) is 11.5 Å². The number of nitrogens with zero attached hydrogens (tertiary/aromatic N) is 2. The minimum Gasteiger partial charge on any atom is -0.396 e. The van der Waals surface area contributed by atoms with E-state index >= 15 is 0 Å². The number of amides is 1. The van der Waals surface area contributed by atoms with Crippen LogP contribution < -0.4 is 16.4 Å². The summed E-state index contributed by atoms with van der Waals surface area (Å²) in [4.78, 5) is 17.5. The quantitative estimate of drug-likeness (QED) is 0.799. The second-order valence-electron chi connectivity index (χ2n) is 5.31. The van der Waals surface area contributed by atoms with E-state index in [4.69, 9.17) is 11.5 Å². The third kappa shape index (κ3) is 2.33. The molecule has 1 aromatic heterocycles. The van der Waals surface area contributed by atoms with Crippen LogP contribution in [0.15, 0.2) is 12.1 Å². The lowest BCUT2D eigenvalue weighted by Crippen LogP contribution is -2.25. The zero-order chi connectivity index (χ0) is 12.6. The molecule has 1 amide bonds. The summed E-state index contributed by atoms with van der Waals surface area (Å²) >= 11 is 0. The number of nitrogens with two attached hydrogens (primary N) is 2. The molecule has 0 atom stereocenters. The molecular formula is C12H18N4O. The zero-order valence-electron chi connectivity index (χ0n) is 10.2. The first-order valence-electron chi connectivity index (χ1n) is 5.70. The van der Waals surface area contributed by atoms with Crippen LogP contribution in [0, 0.1) is 5.41 Å². The van der Waals surface area contributed by atoms with Crippen molar-refractivity contribution < 1.29 is 4.79 Å². The first-order valence-corrected chi connectivity index (χ1v) is 5.70. The van der Waals surface area contributed by atoms with Crippen LogP contribution in [-0.2, 0) is 0 Å². The monoisotopic (exact) mass is 234 g/mol. The Morgan fingerprint density at radius 1 is 1.47 bits per heavy atom. The van der Waals surface area contributed by atoms with E-state index in [9.17, 15) is 4.79 Å². The molecule has 1 aliphatic rings. The molecule has 1 aliphatic heterocycles. The Morgan fingerprint density at radius 2 is 2.18 bits per heavy atom. The van der Waals surface area contributed by atoms with Crippen LogP contribution in [0.2, 0.25) is 0 Å². The van der Waals surface area contributed by atoms with E-state index in [1.54, 1.807) is 12.1 Å². The standard InChI is InChI=1S/C12H18N4O/c1-12(2)5-6-16(7-12)11-8(13)3-4-9(15-11)10(14)17/h3-4H,5-7,13H2,1-2H3,(H2,14,17). The summed E-state index contributed by atoms with van der Waals surface area (Å²) < 4.78 is 0. The third-order valence-electron chi connectivity index (χ3n) is 3.13. The highest BCUT2D eigenvalue weighted by atomic mass is 16.1. The number of pyridine rings is 1. The van der Waals surface area contributed by atoms with E-state index < -0.39 is 5.91 Å². The summed E-state index contributed by atoms with van der Waals surface area (Å²) in [6.45, 7) is 6.22. The molecule has 0 radical (unpaired) electrons. The molecule has 0 aliphatic carbocycles. The van der Waals surface area contributed by atoms with Gasteiger partial charge in [0.15, 0.2) is 5.82 Å². The van der Waals surface area contributed by atoms with E-state index in [-0.39, 0.29) is 11.1 Å². The molecule has 1 aromatic rings. The largest absolute Gasteiger partial charge is 0.396 e. The van der Waals surface area contributed by atoms with Gasteiger partial charge in [0, 0.05) is 13.1 Å². The molecule has 0 spiro atoms. The molecule has 92 valence electrons. The van der Waals surface area contributed by atoms with E-state index in [1.165, 1.54) is 0 Å². The van der Waals surface area contributed by atoms with Gasteiger partial charge in [-0.1, -0.05) is 13.8 Å². The Morgan fingerprint density at radius 3 is 2.71 bits per heavy atom. The van der Waals surface area contributed by atoms with Gasteiger partial charge in [-0.05, 0) is 24.0 Å². The van der Waals surface area contributed by atoms with Crippen LogP contribution in [0.4, 0.5) is 11.5 Å². The molecule has 0 unspecified atom stereocenters. The van der Waals surface area contributed by atoms with Gasteiger partial charge in [0.25, 0.3) is 5.91 Å². The van der Waals surface area contributed by atoms with Gasteiger partial charge in [-0.15, -0.1) is 0 Å². The van der Waals surface area contributed by atoms with Gasteiger partial charge in [0.2, 0.25) is 0 Å². The van der Waals surface area contributed by atoms with Crippen molar-refractivity contribution in [2.45, 2.75) is 20.3 Å². The van der Waals surface area contributed by atoms with Crippen molar-refractivity contribution in [2.75, 3.05) is 23.7 Å². The predicted molar refractivity (Wildman–Crippen MR) is 67.8 cm³/mol. The molecule has 2 rings (SSSR count). The number of primary amides is 1. The van der Waals surface area contributed by atoms with Crippen molar-refractivity contribution in [1.29, 1.82) is 0 Å². The SMILES string of the molecule is CC1(C)CCN(c2nc(C(N)=O)ccc2N)C1. The Balaban J connectivity index is 2.32. The summed E-state index contributed by atoms with van der Waals surface area (Å²) in [6.07, 6.45) is 1.09. The fourth-order valence-electron chi connectivity index (χ4n) is 2.14. The number of carbonyl (C=O) groups is 1. The highest BCUT2D eigenvalue weighted by Crippen LogP contribution is 2.33. The molecular weight excluding hydrogens is 216 g/mol. The molecule has 5 nitrogen and oxygen atoms in total. The molecule has 5 heteroatoms. The number of hydrogen-bond acceptors (Lipinski definition) is 4. The first kappa shape index (κ1) is 11.7. The molecule has 1 fully saturated rings. The minimum atomic E-state index is -0.523. The topological polar surface area (TPSA) is 85.2 Å². The van der Waals surface area contributed by atoms with Gasteiger partial charge in [0.1, 0.15) is 5.69 Å². The summed E-state index contributed by atoms with van der Waals surface area (Å²) in [7, 11) is 0. The average molecular weight is 234 g/mol. The van der Waals surface area contributed by atoms with Gasteiger partial charge in [-0.3, -0.25) is 4.79 Å². The second kappa shape index (κ2) is 3.91. The number of aromatic nitrogens is 1. The van der Waals surface area contributed by atoms with Crippen molar-refractivity contribution in [1.82, 2.24) is 4.98 Å². The predicted octanol–water partition coefficient (Wildman–Crippen LogP) is 0.999. The molecule has 4 N–H and O–H groups in total. The Kier molecular flexibility index (Phi) is 2.69. The van der Waals surface area contributed by atoms with Crippen LogP contribution >= 0.6 is 0 Å². The van der Waals surface area contributed by atoms with Crippen LogP contribution in [0.25, 0.3) is 0 Å². The van der Waals surface area contributed by atoms with E-state index in [0.717, 1.165) is 19.5 Å². The van der Waals surface area contributed by atoms with Gasteiger partial charge in [-0.2, -0.15) is 0 Å². The van der Waals surface area contributed by atoms with Crippen molar-refractivity contribution in [3.05, 3.63) is 17.8 Å². The number of rotatable bonds is 2. The fourth-order valence-corrected chi connectivity index (χ4v) is 2.14. The lowest BCUT2D eigenvalue weighted by Gasteiger charge is -2.22. The van der Waals surface area contributed by atoms with Crippen LogP contribution in [0.1, 0.15) is 30.8 Å². The normalized spacial score (nSPS) is 18.4. The maximum Gasteiger partial charge on any atom is 0.267 e. The lowest BCUT2D eigenvalue weighted by atomic mass is 9.93. The first-order chi connectivity index (χ1) is 7.89. The van der Waals surface area contributed by atoms with Gasteiger partial charge in [-0.25, -0.2) is 4.98 Å². The average Bonchev–Trinajstić information content (AvgIpc) is 2.59. The third-order valence-corrected chi connectivity index (χ3v) is 3.13. The maximum atomic E-state index is 11.1. The highest BCUT2D eigenvalue weighted by molar-refractivity contribution is 5.91. The van der Waals surface area contributed by atoms with Gasteiger partial charge >= 0.3 is 0 Å². The number of carbonyl (C=O) groups excluding carboxylic acids is 1. The Hall–Kier alpha value is -1.78. The van der Waals surface area contributed by atoms with Crippen LogP contribution in [-0.4, -0.2) is 24.0 Å². The van der Waals surface area contributed by atoms with Crippen molar-refractivity contribution in [3.8, 4) is 0 Å². The lowest BCUT2D eigenvalue weighted by molar-refractivity contribution is 0.0995. The molecule has 0 saturated carbocycles. The number of hydrogen-bond donors (Lipinski definition) is 2. The summed E-state index contributed by atoms with van der Waals surface area (Å²) in [5.74, 6) is 0.150. The number of anilines is 2. The molecule has 0 bridgehead atoms. The number of nitrogen functional groups attached to an aromatic ring is 1. The molecule has 1 saturated heterocycles. The molecule has 17 heavy (non-hydrogen) atoms. The smallest absolute Gasteiger partial charge is 0.267 e. The van der Waals surface area contributed by atoms with E-state index in [2.05, 4.69) is 23.7 Å². The fraction of sp³-hybridized carbons (Fsp3) is 0.500. The Bertz CT molecular complexity index is 456. The van der Waals surface area contributed by atoms with Crippen LogP contribution in [0.3, 0.4) is 0 Å². The van der Waals surface area contributed by atoms with Crippen molar-refractivity contribution in [2.24, 2.45) is 11.1 Å². The van der Waals surface area contributed by atoms with Gasteiger partial charge < -0.3 is 16.4 Å². The second-order valence-corrected chi connectivity index (χ2v) is 5.31.